The predicted octanol–water partition coefficient (Wildman–Crippen LogP) is 1.56. The lowest BCUT2D eigenvalue weighted by Crippen LogP contribution is -2.20. The summed E-state index contributed by atoms with van der Waals surface area (Å²) in [5, 5.41) is 2.95. The Labute approximate surface area is 73.7 Å². The average molecular weight is 167 g/mol. The molecule has 1 saturated carbocycles. The monoisotopic (exact) mass is 167 g/mol. The lowest BCUT2D eigenvalue weighted by Gasteiger charge is -2.19. The van der Waals surface area contributed by atoms with Crippen molar-refractivity contribution in [3.63, 3.8) is 0 Å². The number of amides is 1. The molecule has 1 aliphatic heterocycles. The SMILES string of the molecule is C[C@@H]1CC2(CNC(=O)C2)C[C@@H]1C. The molecule has 0 bridgehead atoms. The average Bonchev–Trinajstić information content (AvgIpc) is 2.42. The van der Waals surface area contributed by atoms with Gasteiger partial charge in [0.05, 0.1) is 0 Å². The van der Waals surface area contributed by atoms with Gasteiger partial charge in [0.15, 0.2) is 0 Å². The van der Waals surface area contributed by atoms with E-state index < -0.39 is 0 Å². The molecule has 0 radical (unpaired) electrons. The Hall–Kier alpha value is -0.530. The zero-order valence-corrected chi connectivity index (χ0v) is 7.89. The van der Waals surface area contributed by atoms with E-state index in [0.717, 1.165) is 24.8 Å². The minimum atomic E-state index is 0.260. The number of carbonyl (C=O) groups is 1. The van der Waals surface area contributed by atoms with E-state index in [1.807, 2.05) is 0 Å². The van der Waals surface area contributed by atoms with Crippen LogP contribution in [0.4, 0.5) is 0 Å². The smallest absolute Gasteiger partial charge is 0.220 e. The van der Waals surface area contributed by atoms with Gasteiger partial charge in [-0.3, -0.25) is 4.79 Å². The molecular weight excluding hydrogens is 150 g/mol. The van der Waals surface area contributed by atoms with Gasteiger partial charge in [-0.2, -0.15) is 0 Å². The maximum atomic E-state index is 11.1. The van der Waals surface area contributed by atoms with Crippen molar-refractivity contribution < 1.29 is 4.79 Å². The molecule has 3 atom stereocenters. The highest BCUT2D eigenvalue weighted by Gasteiger charge is 2.46. The van der Waals surface area contributed by atoms with Gasteiger partial charge in [0.2, 0.25) is 5.91 Å². The first-order chi connectivity index (χ1) is 5.61. The Morgan fingerprint density at radius 2 is 1.92 bits per heavy atom. The summed E-state index contributed by atoms with van der Waals surface area (Å²) in [4.78, 5) is 11.1. The van der Waals surface area contributed by atoms with Crippen LogP contribution >= 0.6 is 0 Å². The minimum absolute atomic E-state index is 0.260. The molecule has 12 heavy (non-hydrogen) atoms. The fourth-order valence-corrected chi connectivity index (χ4v) is 2.89. The molecule has 2 heteroatoms. The maximum absolute atomic E-state index is 11.1. The van der Waals surface area contributed by atoms with Crippen molar-refractivity contribution in [3.05, 3.63) is 0 Å². The van der Waals surface area contributed by atoms with Crippen molar-refractivity contribution in [1.82, 2.24) is 5.32 Å². The van der Waals surface area contributed by atoms with E-state index in [1.165, 1.54) is 12.8 Å². The topological polar surface area (TPSA) is 29.1 Å². The molecule has 2 fully saturated rings. The third-order valence-corrected chi connectivity index (χ3v) is 3.68. The fourth-order valence-electron chi connectivity index (χ4n) is 2.89. The molecule has 68 valence electrons. The van der Waals surface area contributed by atoms with Gasteiger partial charge >= 0.3 is 0 Å². The van der Waals surface area contributed by atoms with E-state index in [4.69, 9.17) is 0 Å². The van der Waals surface area contributed by atoms with E-state index in [2.05, 4.69) is 19.2 Å². The molecule has 2 aliphatic rings. The van der Waals surface area contributed by atoms with Gasteiger partial charge in [0, 0.05) is 13.0 Å². The van der Waals surface area contributed by atoms with Gasteiger partial charge in [-0.1, -0.05) is 13.8 Å². The van der Waals surface area contributed by atoms with Crippen molar-refractivity contribution in [3.8, 4) is 0 Å². The molecule has 1 N–H and O–H groups in total. The molecule has 1 amide bonds. The van der Waals surface area contributed by atoms with Gasteiger partial charge in [-0.25, -0.2) is 0 Å². The zero-order valence-electron chi connectivity index (χ0n) is 7.89. The molecule has 1 unspecified atom stereocenters. The molecule has 1 heterocycles. The van der Waals surface area contributed by atoms with Gasteiger partial charge in [0.25, 0.3) is 0 Å². The highest BCUT2D eigenvalue weighted by atomic mass is 16.1. The van der Waals surface area contributed by atoms with Gasteiger partial charge in [-0.05, 0) is 30.1 Å². The fraction of sp³-hybridized carbons (Fsp3) is 0.900. The van der Waals surface area contributed by atoms with Crippen LogP contribution in [0.5, 0.6) is 0 Å². The van der Waals surface area contributed by atoms with E-state index in [0.29, 0.717) is 5.41 Å². The summed E-state index contributed by atoms with van der Waals surface area (Å²) in [6.45, 7) is 5.55. The van der Waals surface area contributed by atoms with Crippen LogP contribution in [0.3, 0.4) is 0 Å². The third-order valence-electron chi connectivity index (χ3n) is 3.68. The number of nitrogens with one attached hydrogen (secondary N) is 1. The Morgan fingerprint density at radius 3 is 2.33 bits per heavy atom. The zero-order chi connectivity index (χ0) is 8.77. The van der Waals surface area contributed by atoms with Crippen molar-refractivity contribution in [1.29, 1.82) is 0 Å². The third kappa shape index (κ3) is 1.13. The van der Waals surface area contributed by atoms with Crippen LogP contribution in [0.15, 0.2) is 0 Å². The van der Waals surface area contributed by atoms with Gasteiger partial charge in [-0.15, -0.1) is 0 Å². The van der Waals surface area contributed by atoms with Crippen LogP contribution in [0.25, 0.3) is 0 Å². The Kier molecular flexibility index (Phi) is 1.67. The molecular formula is C10H17NO. The summed E-state index contributed by atoms with van der Waals surface area (Å²) in [6, 6.07) is 0. The molecule has 2 rings (SSSR count). The first-order valence-corrected chi connectivity index (χ1v) is 4.88. The van der Waals surface area contributed by atoms with Crippen molar-refractivity contribution in [2.75, 3.05) is 6.54 Å². The summed E-state index contributed by atoms with van der Waals surface area (Å²) in [7, 11) is 0. The molecule has 0 aromatic heterocycles. The minimum Gasteiger partial charge on any atom is -0.356 e. The van der Waals surface area contributed by atoms with E-state index in [-0.39, 0.29) is 5.91 Å². The van der Waals surface area contributed by atoms with Crippen LogP contribution in [-0.2, 0) is 4.79 Å². The second-order valence-corrected chi connectivity index (χ2v) is 4.82. The summed E-state index contributed by atoms with van der Waals surface area (Å²) in [5.41, 5.74) is 0.343. The molecule has 1 spiro atoms. The standard InChI is InChI=1S/C10H17NO/c1-7-3-10(4-8(7)2)5-9(12)11-6-10/h7-8H,3-6H2,1-2H3,(H,11,12)/t7-,8+,10?. The lowest BCUT2D eigenvalue weighted by atomic mass is 9.84. The van der Waals surface area contributed by atoms with Gasteiger partial charge in [0.1, 0.15) is 0 Å². The quantitative estimate of drug-likeness (QED) is 0.583. The van der Waals surface area contributed by atoms with E-state index >= 15 is 0 Å². The molecule has 1 aliphatic carbocycles. The van der Waals surface area contributed by atoms with Crippen LogP contribution in [0, 0.1) is 17.3 Å². The number of hydrogen-bond donors (Lipinski definition) is 1. The highest BCUT2D eigenvalue weighted by Crippen LogP contribution is 2.48. The van der Waals surface area contributed by atoms with Crippen LogP contribution in [0.2, 0.25) is 0 Å². The number of hydrogen-bond acceptors (Lipinski definition) is 1. The summed E-state index contributed by atoms with van der Waals surface area (Å²) < 4.78 is 0. The number of carbonyl (C=O) groups excluding carboxylic acids is 1. The van der Waals surface area contributed by atoms with E-state index in [1.54, 1.807) is 0 Å². The normalized spacial score (nSPS) is 47.0. The van der Waals surface area contributed by atoms with Crippen LogP contribution < -0.4 is 5.32 Å². The lowest BCUT2D eigenvalue weighted by molar-refractivity contribution is -0.119. The molecule has 1 saturated heterocycles. The van der Waals surface area contributed by atoms with Crippen molar-refractivity contribution >= 4 is 5.91 Å². The highest BCUT2D eigenvalue weighted by molar-refractivity contribution is 5.79. The first kappa shape index (κ1) is 8.09. The van der Waals surface area contributed by atoms with Gasteiger partial charge < -0.3 is 5.32 Å². The molecule has 0 aromatic rings. The second kappa shape index (κ2) is 2.48. The Bertz CT molecular complexity index is 202. The number of rotatable bonds is 0. The largest absolute Gasteiger partial charge is 0.356 e. The Balaban J connectivity index is 2.10. The second-order valence-electron chi connectivity index (χ2n) is 4.82. The summed E-state index contributed by atoms with van der Waals surface area (Å²) in [6.07, 6.45) is 3.27. The predicted molar refractivity (Wildman–Crippen MR) is 47.6 cm³/mol. The van der Waals surface area contributed by atoms with Crippen molar-refractivity contribution in [2.24, 2.45) is 17.3 Å². The first-order valence-electron chi connectivity index (χ1n) is 4.88. The Morgan fingerprint density at radius 1 is 1.33 bits per heavy atom. The van der Waals surface area contributed by atoms with Crippen molar-refractivity contribution in [2.45, 2.75) is 33.1 Å². The summed E-state index contributed by atoms with van der Waals surface area (Å²) >= 11 is 0. The van der Waals surface area contributed by atoms with Crippen LogP contribution in [-0.4, -0.2) is 12.5 Å². The van der Waals surface area contributed by atoms with Crippen LogP contribution in [0.1, 0.15) is 33.1 Å². The maximum Gasteiger partial charge on any atom is 0.220 e. The molecule has 2 nitrogen and oxygen atoms in total. The van der Waals surface area contributed by atoms with E-state index in [9.17, 15) is 4.79 Å². The molecule has 0 aromatic carbocycles. The summed E-state index contributed by atoms with van der Waals surface area (Å²) in [5.74, 6) is 1.87.